The van der Waals surface area contributed by atoms with Crippen LogP contribution in [0.3, 0.4) is 0 Å². The van der Waals surface area contributed by atoms with Gasteiger partial charge in [0.2, 0.25) is 0 Å². The second kappa shape index (κ2) is 11.6. The number of pyridine rings is 1. The first-order valence-electron chi connectivity index (χ1n) is 17.2. The molecule has 4 heterocycles. The zero-order valence-electron chi connectivity index (χ0n) is 27.6. The lowest BCUT2D eigenvalue weighted by molar-refractivity contribution is 1.08. The van der Waals surface area contributed by atoms with Crippen molar-refractivity contribution < 1.29 is 0 Å². The number of hydrogen-bond donors (Lipinski definition) is 0. The Hall–Kier alpha value is -6.34. The summed E-state index contributed by atoms with van der Waals surface area (Å²) in [5, 5.41) is 8.38. The van der Waals surface area contributed by atoms with Gasteiger partial charge < -0.3 is 0 Å². The van der Waals surface area contributed by atoms with Crippen LogP contribution in [0.1, 0.15) is 0 Å². The predicted molar refractivity (Wildman–Crippen MR) is 220 cm³/mol. The Morgan fingerprint density at radius 2 is 1.00 bits per heavy atom. The second-order valence-electron chi connectivity index (χ2n) is 13.0. The molecule has 0 aliphatic rings. The van der Waals surface area contributed by atoms with Gasteiger partial charge in [-0.1, -0.05) is 121 Å². The lowest BCUT2D eigenvalue weighted by Crippen LogP contribution is -2.00. The van der Waals surface area contributed by atoms with Gasteiger partial charge in [-0.25, -0.2) is 19.9 Å². The zero-order chi connectivity index (χ0) is 34.2. The Labute approximate surface area is 306 Å². The molecule has 7 aromatic carbocycles. The number of nitrogens with zero attached hydrogens (tertiary/aromatic N) is 4. The minimum Gasteiger partial charge on any atom is -0.247 e. The highest BCUT2D eigenvalue weighted by Gasteiger charge is 2.19. The van der Waals surface area contributed by atoms with E-state index in [1.165, 1.54) is 51.1 Å². The van der Waals surface area contributed by atoms with Crippen LogP contribution in [0.2, 0.25) is 0 Å². The van der Waals surface area contributed by atoms with Crippen molar-refractivity contribution in [3.05, 3.63) is 158 Å². The van der Waals surface area contributed by atoms with Crippen LogP contribution in [0.15, 0.2) is 158 Å². The van der Waals surface area contributed by atoms with Crippen molar-refractivity contribution in [1.29, 1.82) is 0 Å². The van der Waals surface area contributed by atoms with Crippen LogP contribution in [0.25, 0.3) is 107 Å². The molecule has 4 nitrogen and oxygen atoms in total. The summed E-state index contributed by atoms with van der Waals surface area (Å²) in [6, 6.07) is 55.4. The maximum absolute atomic E-state index is 5.22. The average molecular weight is 699 g/mol. The molecule has 0 saturated heterocycles. The number of benzene rings is 7. The molecular weight excluding hydrogens is 673 g/mol. The van der Waals surface area contributed by atoms with E-state index in [4.69, 9.17) is 19.9 Å². The number of hydrogen-bond acceptors (Lipinski definition) is 6. The molecule has 0 amide bonds. The van der Waals surface area contributed by atoms with Crippen LogP contribution in [-0.2, 0) is 0 Å². The Morgan fingerprint density at radius 1 is 0.346 bits per heavy atom. The molecule has 0 saturated carbocycles. The Balaban J connectivity index is 1.15. The normalized spacial score (nSPS) is 11.8. The predicted octanol–water partition coefficient (Wildman–Crippen LogP) is 13.0. The van der Waals surface area contributed by atoms with E-state index in [9.17, 15) is 0 Å². The molecule has 242 valence electrons. The average Bonchev–Trinajstić information content (AvgIpc) is 3.79. The topological polar surface area (TPSA) is 51.6 Å². The molecule has 0 bridgehead atoms. The van der Waals surface area contributed by atoms with Crippen molar-refractivity contribution in [2.24, 2.45) is 0 Å². The van der Waals surface area contributed by atoms with Crippen LogP contribution >= 0.6 is 22.7 Å². The summed E-state index contributed by atoms with van der Waals surface area (Å²) in [7, 11) is 0. The molecule has 0 spiro atoms. The molecule has 0 atom stereocenters. The van der Waals surface area contributed by atoms with Crippen molar-refractivity contribution in [3.8, 4) is 45.4 Å². The van der Waals surface area contributed by atoms with E-state index in [0.717, 1.165) is 38.9 Å². The lowest BCUT2D eigenvalue weighted by Gasteiger charge is -2.11. The van der Waals surface area contributed by atoms with E-state index in [0.29, 0.717) is 17.5 Å². The van der Waals surface area contributed by atoms with Gasteiger partial charge in [0.15, 0.2) is 17.5 Å². The van der Waals surface area contributed by atoms with E-state index >= 15 is 0 Å². The molecule has 52 heavy (non-hydrogen) atoms. The van der Waals surface area contributed by atoms with Crippen LogP contribution in [-0.4, -0.2) is 19.9 Å². The third-order valence-corrected chi connectivity index (χ3v) is 12.3. The fraction of sp³-hybridized carbons (Fsp3) is 0. The Morgan fingerprint density at radius 3 is 1.85 bits per heavy atom. The summed E-state index contributed by atoms with van der Waals surface area (Å²) >= 11 is 3.64. The first-order valence-corrected chi connectivity index (χ1v) is 18.9. The number of aromatic nitrogens is 4. The van der Waals surface area contributed by atoms with Crippen molar-refractivity contribution in [1.82, 2.24) is 19.9 Å². The van der Waals surface area contributed by atoms with Gasteiger partial charge in [-0.15, -0.1) is 22.7 Å². The van der Waals surface area contributed by atoms with Crippen LogP contribution in [0.5, 0.6) is 0 Å². The standard InChI is InChI=1S/C46H26N4S2/c1-3-12-27(13-4-1)42-33-24-23-30-35-26-29(22-25-38(35)52-43(30)41(33)31-16-7-9-19-36(31)47-42)45-48-44(28-14-5-2-6-15-28)49-46(50-45)34-18-11-21-39-40(34)32-17-8-10-20-37(32)51-39/h1-26H. The van der Waals surface area contributed by atoms with Gasteiger partial charge in [-0.3, -0.25) is 0 Å². The summed E-state index contributed by atoms with van der Waals surface area (Å²) in [4.78, 5) is 20.6. The maximum Gasteiger partial charge on any atom is 0.164 e. The number of fused-ring (bicyclic) bond motifs is 10. The number of para-hydroxylation sites is 1. The van der Waals surface area contributed by atoms with Gasteiger partial charge in [0.25, 0.3) is 0 Å². The van der Waals surface area contributed by atoms with Gasteiger partial charge in [0.1, 0.15) is 0 Å². The largest absolute Gasteiger partial charge is 0.247 e. The van der Waals surface area contributed by atoms with E-state index < -0.39 is 0 Å². The molecule has 11 rings (SSSR count). The fourth-order valence-electron chi connectivity index (χ4n) is 7.53. The van der Waals surface area contributed by atoms with Gasteiger partial charge in [0, 0.05) is 78.8 Å². The molecule has 4 aromatic heterocycles. The summed E-state index contributed by atoms with van der Waals surface area (Å²) in [5.74, 6) is 1.99. The molecule has 0 radical (unpaired) electrons. The van der Waals surface area contributed by atoms with Crippen molar-refractivity contribution in [2.45, 2.75) is 0 Å². The Bertz CT molecular complexity index is 3180. The molecule has 0 aliphatic heterocycles. The van der Waals surface area contributed by atoms with Gasteiger partial charge >= 0.3 is 0 Å². The molecule has 0 unspecified atom stereocenters. The SMILES string of the molecule is c1ccc(-c2nc(-c3ccc4sc5c(ccc6c(-c7ccccc7)nc7ccccc7c65)c4c3)nc(-c3cccc4sc5ccccc5c34)n2)cc1. The smallest absolute Gasteiger partial charge is 0.164 e. The minimum atomic E-state index is 0.656. The lowest BCUT2D eigenvalue weighted by atomic mass is 9.98. The third kappa shape index (κ3) is 4.58. The summed E-state index contributed by atoms with van der Waals surface area (Å²) in [6.07, 6.45) is 0. The van der Waals surface area contributed by atoms with Gasteiger partial charge in [-0.05, 0) is 36.4 Å². The van der Waals surface area contributed by atoms with Crippen molar-refractivity contribution >= 4 is 84.7 Å². The Kier molecular flexibility index (Phi) is 6.56. The van der Waals surface area contributed by atoms with Crippen LogP contribution in [0.4, 0.5) is 0 Å². The van der Waals surface area contributed by atoms with Gasteiger partial charge in [0.05, 0.1) is 11.2 Å². The summed E-state index contributed by atoms with van der Waals surface area (Å²) in [6.45, 7) is 0. The second-order valence-corrected chi connectivity index (χ2v) is 15.1. The zero-order valence-corrected chi connectivity index (χ0v) is 29.2. The maximum atomic E-state index is 5.22. The van der Waals surface area contributed by atoms with Crippen LogP contribution < -0.4 is 0 Å². The van der Waals surface area contributed by atoms with Crippen LogP contribution in [0, 0.1) is 0 Å². The molecule has 0 N–H and O–H groups in total. The summed E-state index contributed by atoms with van der Waals surface area (Å²) in [5.41, 5.74) is 6.05. The monoisotopic (exact) mass is 698 g/mol. The van der Waals surface area contributed by atoms with E-state index in [1.807, 2.05) is 29.5 Å². The first-order chi connectivity index (χ1) is 25.8. The molecule has 0 fully saturated rings. The molecule has 6 heteroatoms. The van der Waals surface area contributed by atoms with Gasteiger partial charge in [-0.2, -0.15) is 0 Å². The first kappa shape index (κ1) is 29.4. The number of thiophene rings is 2. The van der Waals surface area contributed by atoms with E-state index in [1.54, 1.807) is 11.3 Å². The third-order valence-electron chi connectivity index (χ3n) is 9.92. The fourth-order valence-corrected chi connectivity index (χ4v) is 9.90. The van der Waals surface area contributed by atoms with E-state index in [-0.39, 0.29) is 0 Å². The molecule has 0 aliphatic carbocycles. The highest BCUT2D eigenvalue weighted by atomic mass is 32.1. The van der Waals surface area contributed by atoms with E-state index in [2.05, 4.69) is 140 Å². The number of rotatable bonds is 4. The highest BCUT2D eigenvalue weighted by Crippen LogP contribution is 2.45. The van der Waals surface area contributed by atoms with Crippen molar-refractivity contribution in [2.75, 3.05) is 0 Å². The quantitative estimate of drug-likeness (QED) is 0.172. The molecule has 11 aromatic rings. The van der Waals surface area contributed by atoms with Crippen molar-refractivity contribution in [3.63, 3.8) is 0 Å². The highest BCUT2D eigenvalue weighted by molar-refractivity contribution is 7.27. The minimum absolute atomic E-state index is 0.656. The molecular formula is C46H26N4S2. The summed E-state index contributed by atoms with van der Waals surface area (Å²) < 4.78 is 4.96.